The van der Waals surface area contributed by atoms with Gasteiger partial charge in [-0.25, -0.2) is 9.97 Å². The normalized spacial score (nSPS) is 10.5. The fourth-order valence-corrected chi connectivity index (χ4v) is 0.750. The van der Waals surface area contributed by atoms with E-state index in [1.807, 2.05) is 6.92 Å². The van der Waals surface area contributed by atoms with Crippen LogP contribution in [0.25, 0.3) is 11.2 Å². The number of aromatic nitrogens is 3. The molecule has 50 valence electrons. The van der Waals surface area contributed by atoms with Gasteiger partial charge >= 0.3 is 0 Å². The lowest BCUT2D eigenvalue weighted by atomic mass is 10.5. The minimum Gasteiger partial charge on any atom is -0.360 e. The van der Waals surface area contributed by atoms with Crippen molar-refractivity contribution in [2.24, 2.45) is 0 Å². The standard InChI is InChI=1S/C6H5N3O/c1-4-2-7-5-3-10-9-6(5)8-4/h2-3H,1H3. The van der Waals surface area contributed by atoms with Crippen LogP contribution >= 0.6 is 0 Å². The van der Waals surface area contributed by atoms with Crippen LogP contribution in [0.3, 0.4) is 0 Å². The lowest BCUT2D eigenvalue weighted by Crippen LogP contribution is -1.83. The van der Waals surface area contributed by atoms with Gasteiger partial charge in [-0.2, -0.15) is 0 Å². The van der Waals surface area contributed by atoms with Crippen LogP contribution in [0.15, 0.2) is 17.0 Å². The molecule has 0 aliphatic carbocycles. The maximum atomic E-state index is 4.64. The summed E-state index contributed by atoms with van der Waals surface area (Å²) in [6.07, 6.45) is 3.15. The first-order valence-electron chi connectivity index (χ1n) is 2.90. The molecule has 2 rings (SSSR count). The molecule has 0 spiro atoms. The number of rotatable bonds is 0. The highest BCUT2D eigenvalue weighted by Crippen LogP contribution is 2.04. The smallest absolute Gasteiger partial charge is 0.221 e. The van der Waals surface area contributed by atoms with Crippen molar-refractivity contribution in [2.75, 3.05) is 0 Å². The third-order valence-electron chi connectivity index (χ3n) is 1.21. The molecule has 0 amide bonds. The summed E-state index contributed by atoms with van der Waals surface area (Å²) in [6, 6.07) is 0. The molecule has 0 saturated carbocycles. The lowest BCUT2D eigenvalue weighted by Gasteiger charge is -1.85. The fourth-order valence-electron chi connectivity index (χ4n) is 0.750. The van der Waals surface area contributed by atoms with Crippen LogP contribution in [-0.2, 0) is 0 Å². The Balaban J connectivity index is 2.86. The van der Waals surface area contributed by atoms with E-state index >= 15 is 0 Å². The highest BCUT2D eigenvalue weighted by molar-refractivity contribution is 5.66. The van der Waals surface area contributed by atoms with E-state index in [-0.39, 0.29) is 0 Å². The second kappa shape index (κ2) is 1.76. The quantitative estimate of drug-likeness (QED) is 0.539. The number of hydrogen-bond donors (Lipinski definition) is 0. The predicted octanol–water partition coefficient (Wildman–Crippen LogP) is 0.926. The Hall–Kier alpha value is -1.45. The summed E-state index contributed by atoms with van der Waals surface area (Å²) in [5.41, 5.74) is 2.12. The Morgan fingerprint density at radius 2 is 2.40 bits per heavy atom. The molecular formula is C6H5N3O. The van der Waals surface area contributed by atoms with Crippen molar-refractivity contribution in [3.05, 3.63) is 18.2 Å². The Kier molecular flexibility index (Phi) is 0.943. The SMILES string of the molecule is Cc1cnc2conc2n1. The van der Waals surface area contributed by atoms with Crippen LogP contribution in [0.2, 0.25) is 0 Å². The second-order valence-corrected chi connectivity index (χ2v) is 2.03. The van der Waals surface area contributed by atoms with Crippen LogP contribution in [0.1, 0.15) is 5.69 Å². The second-order valence-electron chi connectivity index (χ2n) is 2.03. The number of fused-ring (bicyclic) bond motifs is 1. The summed E-state index contributed by atoms with van der Waals surface area (Å²) in [7, 11) is 0. The average Bonchev–Trinajstić information content (AvgIpc) is 2.33. The molecule has 0 atom stereocenters. The maximum Gasteiger partial charge on any atom is 0.221 e. The van der Waals surface area contributed by atoms with Gasteiger partial charge in [0.05, 0.1) is 5.69 Å². The molecule has 0 aliphatic heterocycles. The number of nitrogens with zero attached hydrogens (tertiary/aromatic N) is 3. The molecule has 0 aliphatic rings. The summed E-state index contributed by atoms with van der Waals surface area (Å²) in [5, 5.41) is 3.63. The van der Waals surface area contributed by atoms with Crippen LogP contribution in [0.5, 0.6) is 0 Å². The highest BCUT2D eigenvalue weighted by Gasteiger charge is 1.98. The molecular weight excluding hydrogens is 130 g/mol. The Labute approximate surface area is 56.9 Å². The van der Waals surface area contributed by atoms with Crippen LogP contribution in [0.4, 0.5) is 0 Å². The molecule has 0 unspecified atom stereocenters. The zero-order valence-corrected chi connectivity index (χ0v) is 5.40. The fraction of sp³-hybridized carbons (Fsp3) is 0.167. The van der Waals surface area contributed by atoms with E-state index in [1.54, 1.807) is 6.20 Å². The van der Waals surface area contributed by atoms with Gasteiger partial charge in [0.1, 0.15) is 5.52 Å². The van der Waals surface area contributed by atoms with E-state index in [1.165, 1.54) is 6.26 Å². The first kappa shape index (κ1) is 5.34. The van der Waals surface area contributed by atoms with Crippen molar-refractivity contribution >= 4 is 11.2 Å². The van der Waals surface area contributed by atoms with Crippen LogP contribution in [-0.4, -0.2) is 15.1 Å². The van der Waals surface area contributed by atoms with E-state index in [2.05, 4.69) is 19.6 Å². The van der Waals surface area contributed by atoms with Gasteiger partial charge in [0, 0.05) is 6.20 Å². The van der Waals surface area contributed by atoms with Gasteiger partial charge in [-0.3, -0.25) is 0 Å². The summed E-state index contributed by atoms with van der Waals surface area (Å²) in [6.45, 7) is 1.86. The zero-order valence-electron chi connectivity index (χ0n) is 5.40. The first-order valence-corrected chi connectivity index (χ1v) is 2.90. The molecule has 2 aromatic heterocycles. The molecule has 10 heavy (non-hydrogen) atoms. The molecule has 4 heteroatoms. The molecule has 2 aromatic rings. The lowest BCUT2D eigenvalue weighted by molar-refractivity contribution is 0.426. The molecule has 0 saturated heterocycles. The molecule has 0 bridgehead atoms. The largest absolute Gasteiger partial charge is 0.360 e. The van der Waals surface area contributed by atoms with E-state index < -0.39 is 0 Å². The van der Waals surface area contributed by atoms with Crippen molar-refractivity contribution < 1.29 is 4.52 Å². The maximum absolute atomic E-state index is 4.64. The molecule has 0 fully saturated rings. The van der Waals surface area contributed by atoms with Gasteiger partial charge in [0.2, 0.25) is 5.65 Å². The van der Waals surface area contributed by atoms with Crippen LogP contribution in [0, 0.1) is 6.92 Å². The minimum absolute atomic E-state index is 0.569. The van der Waals surface area contributed by atoms with Gasteiger partial charge < -0.3 is 4.52 Å². The van der Waals surface area contributed by atoms with Gasteiger partial charge in [-0.1, -0.05) is 5.16 Å². The number of hydrogen-bond acceptors (Lipinski definition) is 4. The van der Waals surface area contributed by atoms with E-state index in [9.17, 15) is 0 Å². The van der Waals surface area contributed by atoms with Crippen LogP contribution < -0.4 is 0 Å². The minimum atomic E-state index is 0.569. The predicted molar refractivity (Wildman–Crippen MR) is 34.3 cm³/mol. The molecule has 0 radical (unpaired) electrons. The van der Waals surface area contributed by atoms with Crippen molar-refractivity contribution in [1.82, 2.24) is 15.1 Å². The van der Waals surface area contributed by atoms with Gasteiger partial charge in [-0.05, 0) is 6.92 Å². The summed E-state index contributed by atoms with van der Waals surface area (Å²) < 4.78 is 4.64. The molecule has 0 aromatic carbocycles. The van der Waals surface area contributed by atoms with Gasteiger partial charge in [0.25, 0.3) is 0 Å². The zero-order chi connectivity index (χ0) is 6.97. The topological polar surface area (TPSA) is 51.8 Å². The monoisotopic (exact) mass is 135 g/mol. The van der Waals surface area contributed by atoms with Crippen molar-refractivity contribution in [3.63, 3.8) is 0 Å². The van der Waals surface area contributed by atoms with E-state index in [0.717, 1.165) is 5.69 Å². The molecule has 0 N–H and O–H groups in total. The van der Waals surface area contributed by atoms with Crippen molar-refractivity contribution in [2.45, 2.75) is 6.92 Å². The summed E-state index contributed by atoms with van der Waals surface area (Å²) in [5.74, 6) is 0. The van der Waals surface area contributed by atoms with Crippen molar-refractivity contribution in [1.29, 1.82) is 0 Å². The van der Waals surface area contributed by atoms with Crippen molar-refractivity contribution in [3.8, 4) is 0 Å². The first-order chi connectivity index (χ1) is 4.86. The average molecular weight is 135 g/mol. The van der Waals surface area contributed by atoms with E-state index in [4.69, 9.17) is 0 Å². The summed E-state index contributed by atoms with van der Waals surface area (Å²) in [4.78, 5) is 8.09. The Morgan fingerprint density at radius 1 is 1.50 bits per heavy atom. The summed E-state index contributed by atoms with van der Waals surface area (Å²) >= 11 is 0. The van der Waals surface area contributed by atoms with Gasteiger partial charge in [-0.15, -0.1) is 0 Å². The third kappa shape index (κ3) is 0.655. The Bertz CT molecular complexity index is 355. The molecule has 2 heterocycles. The van der Waals surface area contributed by atoms with Gasteiger partial charge in [0.15, 0.2) is 6.26 Å². The Morgan fingerprint density at radius 3 is 3.30 bits per heavy atom. The molecule has 4 nitrogen and oxygen atoms in total. The number of aryl methyl sites for hydroxylation is 1. The van der Waals surface area contributed by atoms with E-state index in [0.29, 0.717) is 11.2 Å². The third-order valence-corrected chi connectivity index (χ3v) is 1.21. The highest BCUT2D eigenvalue weighted by atomic mass is 16.5.